The quantitative estimate of drug-likeness (QED) is 0.674. The van der Waals surface area contributed by atoms with Gasteiger partial charge in [-0.3, -0.25) is 4.35 Å². The average molecular weight is 209 g/mol. The Kier molecular flexibility index (Phi) is 1.92. The van der Waals surface area contributed by atoms with Crippen LogP contribution in [0.3, 0.4) is 0 Å². The minimum absolute atomic E-state index is 0.237. The first-order valence-electron chi connectivity index (χ1n) is 4.50. The van der Waals surface area contributed by atoms with Crippen molar-refractivity contribution in [3.63, 3.8) is 0 Å². The molecule has 3 nitrogen and oxygen atoms in total. The van der Waals surface area contributed by atoms with Gasteiger partial charge in [0, 0.05) is 6.07 Å². The molecule has 0 aliphatic rings. The Morgan fingerprint density at radius 2 is 2.00 bits per heavy atom. The van der Waals surface area contributed by atoms with Crippen LogP contribution in [-0.4, -0.2) is 22.9 Å². The van der Waals surface area contributed by atoms with Gasteiger partial charge in [-0.05, 0) is 31.8 Å². The molecule has 5 heteroatoms. The molecule has 1 heterocycles. The first-order chi connectivity index (χ1) is 6.48. The minimum Gasteiger partial charge on any atom is -0.275 e. The minimum atomic E-state index is -1.59. The molecule has 0 saturated heterocycles. The first kappa shape index (κ1) is 9.33. The molecule has 1 aromatic carbocycles. The van der Waals surface area contributed by atoms with Crippen LogP contribution in [0.25, 0.3) is 11.0 Å². The fraction of sp³-hybridized carbons (Fsp3) is 0.333. The van der Waals surface area contributed by atoms with Crippen LogP contribution in [0, 0.1) is 5.82 Å². The van der Waals surface area contributed by atoms with Crippen molar-refractivity contribution in [1.82, 2.24) is 14.7 Å². The van der Waals surface area contributed by atoms with Gasteiger partial charge in [0.1, 0.15) is 11.3 Å². The second-order valence-corrected chi connectivity index (χ2v) is 9.07. The lowest BCUT2D eigenvalue weighted by Crippen LogP contribution is -2.33. The maximum absolute atomic E-state index is 13.0. The predicted octanol–water partition coefficient (Wildman–Crippen LogP) is 2.25. The summed E-state index contributed by atoms with van der Waals surface area (Å²) in [6.07, 6.45) is 0. The molecule has 0 saturated carbocycles. The van der Waals surface area contributed by atoms with Gasteiger partial charge in [-0.2, -0.15) is 0 Å². The summed E-state index contributed by atoms with van der Waals surface area (Å²) in [7, 11) is -1.59. The van der Waals surface area contributed by atoms with Crippen LogP contribution in [0.1, 0.15) is 0 Å². The predicted molar refractivity (Wildman–Crippen MR) is 56.2 cm³/mol. The standard InChI is InChI=1S/C9H12FN3Si/c1-14(2,3)13-9-6-7(10)4-5-8(9)11-12-13/h4-6H,1-3H3. The maximum Gasteiger partial charge on any atom is 0.179 e. The van der Waals surface area contributed by atoms with Crippen molar-refractivity contribution in [2.45, 2.75) is 19.6 Å². The lowest BCUT2D eigenvalue weighted by molar-refractivity contribution is 0.629. The highest BCUT2D eigenvalue weighted by atomic mass is 28.3. The van der Waals surface area contributed by atoms with Gasteiger partial charge in [0.15, 0.2) is 8.24 Å². The Hall–Kier alpha value is -1.23. The number of benzene rings is 1. The molecular formula is C9H12FN3Si. The van der Waals surface area contributed by atoms with E-state index in [1.54, 1.807) is 6.07 Å². The Morgan fingerprint density at radius 3 is 2.64 bits per heavy atom. The van der Waals surface area contributed by atoms with E-state index in [2.05, 4.69) is 30.0 Å². The lowest BCUT2D eigenvalue weighted by Gasteiger charge is -2.16. The molecule has 0 unspecified atom stereocenters. The Labute approximate surface area is 82.6 Å². The van der Waals surface area contributed by atoms with Gasteiger partial charge >= 0.3 is 0 Å². The summed E-state index contributed by atoms with van der Waals surface area (Å²) in [5, 5.41) is 8.08. The second kappa shape index (κ2) is 2.88. The number of fused-ring (bicyclic) bond motifs is 1. The second-order valence-electron chi connectivity index (χ2n) is 4.31. The van der Waals surface area contributed by atoms with Gasteiger partial charge in [-0.15, -0.1) is 5.10 Å². The summed E-state index contributed by atoms with van der Waals surface area (Å²) >= 11 is 0. The van der Waals surface area contributed by atoms with Crippen molar-refractivity contribution in [2.24, 2.45) is 0 Å². The van der Waals surface area contributed by atoms with E-state index in [0.717, 1.165) is 11.0 Å². The highest BCUT2D eigenvalue weighted by Crippen LogP contribution is 2.16. The van der Waals surface area contributed by atoms with Gasteiger partial charge in [0.2, 0.25) is 0 Å². The van der Waals surface area contributed by atoms with Crippen LogP contribution in [0.5, 0.6) is 0 Å². The van der Waals surface area contributed by atoms with Gasteiger partial charge in [-0.1, -0.05) is 5.21 Å². The zero-order valence-electron chi connectivity index (χ0n) is 8.45. The molecule has 1 aromatic heterocycles. The summed E-state index contributed by atoms with van der Waals surface area (Å²) < 4.78 is 14.9. The zero-order valence-corrected chi connectivity index (χ0v) is 9.45. The number of aromatic nitrogens is 3. The normalized spacial score (nSPS) is 12.3. The fourth-order valence-electron chi connectivity index (χ4n) is 1.39. The molecule has 2 aromatic rings. The third kappa shape index (κ3) is 1.43. The van der Waals surface area contributed by atoms with Crippen LogP contribution < -0.4 is 0 Å². The maximum atomic E-state index is 13.0. The van der Waals surface area contributed by atoms with Gasteiger partial charge in [0.05, 0.1) is 5.52 Å². The molecule has 0 aliphatic heterocycles. The van der Waals surface area contributed by atoms with Crippen LogP contribution in [0.4, 0.5) is 4.39 Å². The van der Waals surface area contributed by atoms with E-state index < -0.39 is 8.24 Å². The molecule has 2 rings (SSSR count). The summed E-state index contributed by atoms with van der Waals surface area (Å²) in [4.78, 5) is 0. The first-order valence-corrected chi connectivity index (χ1v) is 7.95. The van der Waals surface area contributed by atoms with Gasteiger partial charge in [-0.25, -0.2) is 4.39 Å². The van der Waals surface area contributed by atoms with Crippen molar-refractivity contribution in [3.05, 3.63) is 24.0 Å². The largest absolute Gasteiger partial charge is 0.275 e. The van der Waals surface area contributed by atoms with Crippen LogP contribution in [-0.2, 0) is 0 Å². The molecule has 0 amide bonds. The van der Waals surface area contributed by atoms with E-state index in [1.165, 1.54) is 12.1 Å². The zero-order chi connectivity index (χ0) is 10.3. The molecule has 0 aliphatic carbocycles. The van der Waals surface area contributed by atoms with E-state index >= 15 is 0 Å². The summed E-state index contributed by atoms with van der Waals surface area (Å²) in [5.41, 5.74) is 1.55. The Balaban J connectivity index is 2.73. The Morgan fingerprint density at radius 1 is 1.29 bits per heavy atom. The number of halogens is 1. The molecule has 0 spiro atoms. The number of hydrogen-bond donors (Lipinski definition) is 0. The molecule has 0 bridgehead atoms. The van der Waals surface area contributed by atoms with E-state index in [1.807, 2.05) is 4.35 Å². The van der Waals surface area contributed by atoms with Crippen LogP contribution in [0.2, 0.25) is 19.6 Å². The average Bonchev–Trinajstić information content (AvgIpc) is 2.45. The molecule has 74 valence electrons. The SMILES string of the molecule is C[Si](C)(C)n1nnc2ccc(F)cc21. The summed E-state index contributed by atoms with van der Waals surface area (Å²) in [6.45, 7) is 6.43. The highest BCUT2D eigenvalue weighted by Gasteiger charge is 2.20. The monoisotopic (exact) mass is 209 g/mol. The van der Waals surface area contributed by atoms with E-state index in [4.69, 9.17) is 0 Å². The third-order valence-electron chi connectivity index (χ3n) is 2.04. The number of hydrogen-bond acceptors (Lipinski definition) is 2. The Bertz CT molecular complexity index is 472. The van der Waals surface area contributed by atoms with Crippen molar-refractivity contribution in [1.29, 1.82) is 0 Å². The fourth-order valence-corrected chi connectivity index (χ4v) is 2.60. The van der Waals surface area contributed by atoms with Crippen LogP contribution in [0.15, 0.2) is 18.2 Å². The highest BCUT2D eigenvalue weighted by molar-refractivity contribution is 6.74. The van der Waals surface area contributed by atoms with E-state index in [9.17, 15) is 4.39 Å². The topological polar surface area (TPSA) is 30.7 Å². The molecule has 0 fully saturated rings. The summed E-state index contributed by atoms with van der Waals surface area (Å²) in [6, 6.07) is 4.56. The lowest BCUT2D eigenvalue weighted by atomic mass is 10.3. The molecule has 14 heavy (non-hydrogen) atoms. The van der Waals surface area contributed by atoms with Gasteiger partial charge in [0.25, 0.3) is 0 Å². The van der Waals surface area contributed by atoms with Crippen molar-refractivity contribution >= 4 is 19.3 Å². The van der Waals surface area contributed by atoms with E-state index in [0.29, 0.717) is 0 Å². The molecular weight excluding hydrogens is 197 g/mol. The summed E-state index contributed by atoms with van der Waals surface area (Å²) in [5.74, 6) is -0.237. The molecule has 0 N–H and O–H groups in total. The number of rotatable bonds is 1. The number of nitrogens with zero attached hydrogens (tertiary/aromatic N) is 3. The molecule has 0 radical (unpaired) electrons. The molecule has 0 atom stereocenters. The van der Waals surface area contributed by atoms with Crippen LogP contribution >= 0.6 is 0 Å². The van der Waals surface area contributed by atoms with Crippen molar-refractivity contribution in [3.8, 4) is 0 Å². The van der Waals surface area contributed by atoms with Gasteiger partial charge < -0.3 is 0 Å². The van der Waals surface area contributed by atoms with Crippen molar-refractivity contribution in [2.75, 3.05) is 0 Å². The van der Waals surface area contributed by atoms with Crippen molar-refractivity contribution < 1.29 is 4.39 Å². The third-order valence-corrected chi connectivity index (χ3v) is 3.64. The van der Waals surface area contributed by atoms with E-state index in [-0.39, 0.29) is 5.82 Å². The smallest absolute Gasteiger partial charge is 0.179 e.